The molecule has 0 saturated carbocycles. The van der Waals surface area contributed by atoms with Crippen molar-refractivity contribution in [1.82, 2.24) is 0 Å². The van der Waals surface area contributed by atoms with Gasteiger partial charge < -0.3 is 18.9 Å². The van der Waals surface area contributed by atoms with Crippen molar-refractivity contribution in [3.63, 3.8) is 0 Å². The fourth-order valence-electron chi connectivity index (χ4n) is 2.61. The highest BCUT2D eigenvalue weighted by atomic mass is 19.2. The summed E-state index contributed by atoms with van der Waals surface area (Å²) in [5.41, 5.74) is -0.813. The highest BCUT2D eigenvalue weighted by Crippen LogP contribution is 2.43. The lowest BCUT2D eigenvalue weighted by molar-refractivity contribution is -0.137. The molecule has 0 aliphatic heterocycles. The van der Waals surface area contributed by atoms with E-state index in [9.17, 15) is 19.2 Å². The summed E-state index contributed by atoms with van der Waals surface area (Å²) in [6, 6.07) is 4.46. The number of rotatable bonds is 9. The van der Waals surface area contributed by atoms with Crippen LogP contribution < -0.4 is 18.9 Å². The Labute approximate surface area is 218 Å². The fraction of sp³-hybridized carbons (Fsp3) is 0.214. The van der Waals surface area contributed by atoms with Crippen molar-refractivity contribution in [1.29, 1.82) is 0 Å². The SMILES string of the molecule is C=C(C)C(=O)Oc1ccc(-c2cc(OC(=O)C(=C)C)c(OC(=O)C(=C)C)c(F)c2F)c(OC(=O)C(C)C)c1. The molecule has 0 unspecified atom stereocenters. The van der Waals surface area contributed by atoms with E-state index in [1.807, 2.05) is 0 Å². The number of hydrogen-bond acceptors (Lipinski definition) is 8. The summed E-state index contributed by atoms with van der Waals surface area (Å²) >= 11 is 0. The highest BCUT2D eigenvalue weighted by Gasteiger charge is 2.28. The van der Waals surface area contributed by atoms with Gasteiger partial charge in [-0.3, -0.25) is 4.79 Å². The van der Waals surface area contributed by atoms with Crippen molar-refractivity contribution in [2.45, 2.75) is 34.6 Å². The summed E-state index contributed by atoms with van der Waals surface area (Å²) in [6.07, 6.45) is 0. The van der Waals surface area contributed by atoms with E-state index in [1.165, 1.54) is 32.9 Å². The molecule has 0 spiro atoms. The van der Waals surface area contributed by atoms with Crippen LogP contribution in [0.25, 0.3) is 11.1 Å². The first-order valence-corrected chi connectivity index (χ1v) is 11.1. The van der Waals surface area contributed by atoms with E-state index in [1.54, 1.807) is 13.8 Å². The van der Waals surface area contributed by atoms with Crippen molar-refractivity contribution in [3.8, 4) is 34.1 Å². The Bertz CT molecular complexity index is 1370. The number of ether oxygens (including phenoxy) is 4. The van der Waals surface area contributed by atoms with Gasteiger partial charge in [-0.2, -0.15) is 4.39 Å². The summed E-state index contributed by atoms with van der Waals surface area (Å²) in [6.45, 7) is 17.4. The normalized spacial score (nSPS) is 10.4. The minimum absolute atomic E-state index is 0.0740. The molecule has 0 saturated heterocycles. The summed E-state index contributed by atoms with van der Waals surface area (Å²) < 4.78 is 51.2. The van der Waals surface area contributed by atoms with Crippen LogP contribution in [0.5, 0.6) is 23.0 Å². The summed E-state index contributed by atoms with van der Waals surface area (Å²) in [4.78, 5) is 48.5. The van der Waals surface area contributed by atoms with E-state index >= 15 is 8.78 Å². The van der Waals surface area contributed by atoms with E-state index < -0.39 is 58.5 Å². The van der Waals surface area contributed by atoms with Gasteiger partial charge in [-0.25, -0.2) is 18.8 Å². The van der Waals surface area contributed by atoms with E-state index in [4.69, 9.17) is 18.9 Å². The van der Waals surface area contributed by atoms with Crippen molar-refractivity contribution >= 4 is 23.9 Å². The van der Waals surface area contributed by atoms with Crippen LogP contribution in [0, 0.1) is 17.6 Å². The average molecular weight is 529 g/mol. The van der Waals surface area contributed by atoms with Crippen LogP contribution in [0.15, 0.2) is 60.7 Å². The zero-order valence-corrected chi connectivity index (χ0v) is 21.5. The first-order valence-electron chi connectivity index (χ1n) is 11.1. The van der Waals surface area contributed by atoms with Gasteiger partial charge in [0.15, 0.2) is 11.6 Å². The predicted molar refractivity (Wildman–Crippen MR) is 134 cm³/mol. The van der Waals surface area contributed by atoms with Gasteiger partial charge in [0.25, 0.3) is 0 Å². The first kappa shape index (κ1) is 29.6. The molecule has 0 amide bonds. The molecular formula is C28H26F2O8. The lowest BCUT2D eigenvalue weighted by Crippen LogP contribution is -2.16. The molecule has 0 aliphatic rings. The molecule has 0 heterocycles. The van der Waals surface area contributed by atoms with Gasteiger partial charge in [-0.05, 0) is 39.0 Å². The number of halogens is 2. The second-order valence-corrected chi connectivity index (χ2v) is 8.62. The largest absolute Gasteiger partial charge is 0.426 e. The quantitative estimate of drug-likeness (QED) is 0.234. The predicted octanol–water partition coefficient (Wildman–Crippen LogP) is 5.64. The molecule has 0 bridgehead atoms. The van der Waals surface area contributed by atoms with Crippen LogP contribution >= 0.6 is 0 Å². The molecule has 2 rings (SSSR count). The van der Waals surface area contributed by atoms with E-state index in [0.717, 1.165) is 12.1 Å². The average Bonchev–Trinajstić information content (AvgIpc) is 2.83. The Balaban J connectivity index is 2.79. The van der Waals surface area contributed by atoms with E-state index in [0.29, 0.717) is 0 Å². The van der Waals surface area contributed by atoms with Crippen LogP contribution in [-0.2, 0) is 19.2 Å². The van der Waals surface area contributed by atoms with Crippen molar-refractivity contribution in [2.24, 2.45) is 5.92 Å². The smallest absolute Gasteiger partial charge is 0.338 e. The van der Waals surface area contributed by atoms with Crippen LogP contribution in [0.1, 0.15) is 34.6 Å². The molecule has 38 heavy (non-hydrogen) atoms. The monoisotopic (exact) mass is 528 g/mol. The van der Waals surface area contributed by atoms with Gasteiger partial charge in [0.1, 0.15) is 11.5 Å². The standard InChI is InChI=1S/C28H26F2O8/c1-13(2)25(31)35-17-9-10-18(20(11-17)36-26(32)14(3)4)19-12-21(37-27(33)15(5)6)24(23(30)22(19)29)38-28(34)16(7)8/h9-12,14H,1,5,7H2,2-4,6,8H3. The van der Waals surface area contributed by atoms with Crippen molar-refractivity contribution in [3.05, 3.63) is 72.4 Å². The molecule has 0 N–H and O–H groups in total. The van der Waals surface area contributed by atoms with Gasteiger partial charge in [0, 0.05) is 33.9 Å². The Morgan fingerprint density at radius 1 is 0.684 bits per heavy atom. The van der Waals surface area contributed by atoms with Crippen molar-refractivity contribution in [2.75, 3.05) is 0 Å². The Morgan fingerprint density at radius 2 is 1.21 bits per heavy atom. The second-order valence-electron chi connectivity index (χ2n) is 8.62. The molecular weight excluding hydrogens is 502 g/mol. The van der Waals surface area contributed by atoms with Crippen LogP contribution in [0.2, 0.25) is 0 Å². The minimum Gasteiger partial charge on any atom is -0.426 e. The zero-order valence-electron chi connectivity index (χ0n) is 21.5. The Hall–Kier alpha value is -4.60. The van der Waals surface area contributed by atoms with Crippen LogP contribution in [0.3, 0.4) is 0 Å². The third kappa shape index (κ3) is 7.00. The van der Waals surface area contributed by atoms with Crippen molar-refractivity contribution < 1.29 is 46.9 Å². The second kappa shape index (κ2) is 12.1. The highest BCUT2D eigenvalue weighted by molar-refractivity contribution is 5.92. The third-order valence-corrected chi connectivity index (χ3v) is 4.71. The van der Waals surface area contributed by atoms with Gasteiger partial charge >= 0.3 is 23.9 Å². The number of hydrogen-bond donors (Lipinski definition) is 0. The number of benzene rings is 2. The van der Waals surface area contributed by atoms with Gasteiger partial charge in [0.2, 0.25) is 11.6 Å². The topological polar surface area (TPSA) is 105 Å². The third-order valence-electron chi connectivity index (χ3n) is 4.71. The van der Waals surface area contributed by atoms with Gasteiger partial charge in [0.05, 0.1) is 5.92 Å². The molecule has 0 radical (unpaired) electrons. The molecule has 0 aliphatic carbocycles. The lowest BCUT2D eigenvalue weighted by Gasteiger charge is -2.17. The van der Waals surface area contributed by atoms with Crippen LogP contribution in [-0.4, -0.2) is 23.9 Å². The molecule has 0 aromatic heterocycles. The molecule has 0 atom stereocenters. The summed E-state index contributed by atoms with van der Waals surface area (Å²) in [7, 11) is 0. The van der Waals surface area contributed by atoms with Gasteiger partial charge in [-0.1, -0.05) is 33.6 Å². The maximum atomic E-state index is 15.4. The van der Waals surface area contributed by atoms with E-state index in [2.05, 4.69) is 19.7 Å². The molecule has 2 aromatic carbocycles. The maximum absolute atomic E-state index is 15.4. The molecule has 8 nitrogen and oxygen atoms in total. The number of carbonyl (C=O) groups excluding carboxylic acids is 4. The Morgan fingerprint density at radius 3 is 1.74 bits per heavy atom. The van der Waals surface area contributed by atoms with Crippen LogP contribution in [0.4, 0.5) is 8.78 Å². The Kier molecular flexibility index (Phi) is 9.43. The number of carbonyl (C=O) groups is 4. The van der Waals surface area contributed by atoms with E-state index in [-0.39, 0.29) is 33.8 Å². The van der Waals surface area contributed by atoms with Gasteiger partial charge in [-0.15, -0.1) is 0 Å². The summed E-state index contributed by atoms with van der Waals surface area (Å²) in [5.74, 6) is -9.41. The first-order chi connectivity index (χ1) is 17.6. The molecule has 2 aromatic rings. The summed E-state index contributed by atoms with van der Waals surface area (Å²) in [5, 5.41) is 0. The zero-order chi connectivity index (χ0) is 28.9. The lowest BCUT2D eigenvalue weighted by atomic mass is 10.0. The number of esters is 4. The maximum Gasteiger partial charge on any atom is 0.338 e. The molecule has 0 fully saturated rings. The molecule has 200 valence electrons. The molecule has 10 heteroatoms. The minimum atomic E-state index is -1.67. The fourth-order valence-corrected chi connectivity index (χ4v) is 2.61.